The Bertz CT molecular complexity index is 158. The Morgan fingerprint density at radius 3 is 2.42 bits per heavy atom. The fourth-order valence-electron chi connectivity index (χ4n) is 1.57. The summed E-state index contributed by atoms with van der Waals surface area (Å²) in [6.45, 7) is 0. The molecule has 1 aliphatic carbocycles. The van der Waals surface area contributed by atoms with Gasteiger partial charge in [-0.05, 0) is 25.3 Å². The Morgan fingerprint density at radius 1 is 0.917 bits per heavy atom. The zero-order chi connectivity index (χ0) is 8.65. The van der Waals surface area contributed by atoms with Crippen LogP contribution in [0.1, 0.15) is 51.4 Å². The van der Waals surface area contributed by atoms with Gasteiger partial charge in [0, 0.05) is 6.42 Å². The van der Waals surface area contributed by atoms with Crippen LogP contribution >= 0.6 is 0 Å². The highest BCUT2D eigenvalue weighted by Crippen LogP contribution is 2.10. The van der Waals surface area contributed by atoms with Crippen LogP contribution in [0.5, 0.6) is 0 Å². The van der Waals surface area contributed by atoms with Gasteiger partial charge < -0.3 is 0 Å². The molecule has 0 N–H and O–H groups in total. The van der Waals surface area contributed by atoms with Gasteiger partial charge >= 0.3 is 0 Å². The van der Waals surface area contributed by atoms with E-state index in [4.69, 9.17) is 0 Å². The number of ketones is 1. The van der Waals surface area contributed by atoms with Crippen LogP contribution in [-0.4, -0.2) is 5.78 Å². The minimum atomic E-state index is 0.317. The third-order valence-electron chi connectivity index (χ3n) is 2.35. The van der Waals surface area contributed by atoms with E-state index in [0.717, 1.165) is 19.3 Å². The minimum absolute atomic E-state index is 0.317. The van der Waals surface area contributed by atoms with Crippen LogP contribution in [0.25, 0.3) is 0 Å². The van der Waals surface area contributed by atoms with Crippen molar-refractivity contribution in [3.63, 3.8) is 0 Å². The lowest BCUT2D eigenvalue weighted by Gasteiger charge is -1.97. The second-order valence-electron chi connectivity index (χ2n) is 3.53. The van der Waals surface area contributed by atoms with Gasteiger partial charge in [0.25, 0.3) is 0 Å². The van der Waals surface area contributed by atoms with Crippen LogP contribution in [-0.2, 0) is 4.79 Å². The zero-order valence-electron chi connectivity index (χ0n) is 7.72. The monoisotopic (exact) mass is 166 g/mol. The number of allylic oxidation sites excluding steroid dienone is 2. The summed E-state index contributed by atoms with van der Waals surface area (Å²) in [6, 6.07) is 0. The normalized spacial score (nSPS) is 24.5. The molecule has 0 amide bonds. The summed E-state index contributed by atoms with van der Waals surface area (Å²) < 4.78 is 0. The van der Waals surface area contributed by atoms with Crippen molar-refractivity contribution >= 4 is 5.78 Å². The van der Waals surface area contributed by atoms with Crippen molar-refractivity contribution in [3.05, 3.63) is 12.2 Å². The number of rotatable bonds is 0. The Kier molecular flexibility index (Phi) is 4.74. The van der Waals surface area contributed by atoms with Crippen molar-refractivity contribution in [1.29, 1.82) is 0 Å². The highest BCUT2D eigenvalue weighted by Gasteiger charge is 1.98. The third kappa shape index (κ3) is 4.32. The van der Waals surface area contributed by atoms with Gasteiger partial charge in [0.1, 0.15) is 0 Å². The number of hydrogen-bond acceptors (Lipinski definition) is 1. The molecule has 0 fully saturated rings. The predicted molar refractivity (Wildman–Crippen MR) is 51.1 cm³/mol. The molecule has 0 saturated heterocycles. The van der Waals surface area contributed by atoms with Crippen LogP contribution in [0.3, 0.4) is 0 Å². The summed E-state index contributed by atoms with van der Waals surface area (Å²) in [4.78, 5) is 11.1. The Labute approximate surface area is 74.9 Å². The van der Waals surface area contributed by atoms with Crippen LogP contribution < -0.4 is 0 Å². The molecule has 1 aliphatic rings. The lowest BCUT2D eigenvalue weighted by molar-refractivity contribution is -0.114. The van der Waals surface area contributed by atoms with E-state index in [1.165, 1.54) is 32.1 Å². The molecule has 0 bridgehead atoms. The van der Waals surface area contributed by atoms with E-state index in [9.17, 15) is 4.79 Å². The second kappa shape index (κ2) is 5.99. The maximum Gasteiger partial charge on any atom is 0.155 e. The van der Waals surface area contributed by atoms with Crippen molar-refractivity contribution < 1.29 is 4.79 Å². The van der Waals surface area contributed by atoms with E-state index < -0.39 is 0 Å². The molecule has 1 rings (SSSR count). The highest BCUT2D eigenvalue weighted by molar-refractivity contribution is 5.89. The summed E-state index contributed by atoms with van der Waals surface area (Å²) in [6.07, 6.45) is 13.2. The maximum atomic E-state index is 11.1. The van der Waals surface area contributed by atoms with E-state index in [0.29, 0.717) is 5.78 Å². The van der Waals surface area contributed by atoms with E-state index >= 15 is 0 Å². The fourth-order valence-corrected chi connectivity index (χ4v) is 1.57. The van der Waals surface area contributed by atoms with Crippen molar-refractivity contribution in [2.45, 2.75) is 51.4 Å². The fraction of sp³-hybridized carbons (Fsp3) is 0.727. The molecule has 0 aromatic heterocycles. The van der Waals surface area contributed by atoms with Gasteiger partial charge in [0.05, 0.1) is 0 Å². The first-order valence-electron chi connectivity index (χ1n) is 5.09. The van der Waals surface area contributed by atoms with Gasteiger partial charge in [-0.2, -0.15) is 0 Å². The average molecular weight is 166 g/mol. The van der Waals surface area contributed by atoms with Crippen LogP contribution in [0.2, 0.25) is 0 Å². The molecule has 1 nitrogen and oxygen atoms in total. The topological polar surface area (TPSA) is 17.1 Å². The summed E-state index contributed by atoms with van der Waals surface area (Å²) in [7, 11) is 0. The van der Waals surface area contributed by atoms with Gasteiger partial charge in [0.15, 0.2) is 5.78 Å². The smallest absolute Gasteiger partial charge is 0.155 e. The van der Waals surface area contributed by atoms with Gasteiger partial charge in [-0.3, -0.25) is 4.79 Å². The van der Waals surface area contributed by atoms with Crippen molar-refractivity contribution in [2.75, 3.05) is 0 Å². The quantitative estimate of drug-likeness (QED) is 0.540. The molecule has 68 valence electrons. The van der Waals surface area contributed by atoms with E-state index in [-0.39, 0.29) is 0 Å². The Morgan fingerprint density at radius 2 is 1.58 bits per heavy atom. The molecule has 0 aliphatic heterocycles. The van der Waals surface area contributed by atoms with Crippen LogP contribution in [0.4, 0.5) is 0 Å². The standard InChI is InChI=1S/C11H18O/c12-11-9-7-5-3-1-2-4-6-8-10-11/h7,9H,1-6,8,10H2/b9-7+. The molecule has 0 spiro atoms. The molecule has 0 aromatic rings. The largest absolute Gasteiger partial charge is 0.295 e. The summed E-state index contributed by atoms with van der Waals surface area (Å²) in [5.74, 6) is 0.317. The lowest BCUT2D eigenvalue weighted by atomic mass is 10.1. The zero-order valence-corrected chi connectivity index (χ0v) is 7.72. The molecule has 0 atom stereocenters. The molecule has 0 saturated carbocycles. The van der Waals surface area contributed by atoms with Crippen LogP contribution in [0, 0.1) is 0 Å². The van der Waals surface area contributed by atoms with Gasteiger partial charge in [0.2, 0.25) is 0 Å². The van der Waals surface area contributed by atoms with Crippen LogP contribution in [0.15, 0.2) is 12.2 Å². The van der Waals surface area contributed by atoms with E-state index in [1.807, 2.05) is 6.08 Å². The van der Waals surface area contributed by atoms with Crippen molar-refractivity contribution in [1.82, 2.24) is 0 Å². The maximum absolute atomic E-state index is 11.1. The molecule has 1 heteroatoms. The summed E-state index contributed by atoms with van der Waals surface area (Å²) in [5.41, 5.74) is 0. The number of hydrogen-bond donors (Lipinski definition) is 0. The Balaban J connectivity index is 2.29. The molecular formula is C11H18O. The minimum Gasteiger partial charge on any atom is -0.295 e. The van der Waals surface area contributed by atoms with Gasteiger partial charge in [-0.15, -0.1) is 0 Å². The first-order valence-corrected chi connectivity index (χ1v) is 5.09. The predicted octanol–water partition coefficient (Wildman–Crippen LogP) is 3.25. The summed E-state index contributed by atoms with van der Waals surface area (Å²) >= 11 is 0. The molecule has 12 heavy (non-hydrogen) atoms. The third-order valence-corrected chi connectivity index (χ3v) is 2.35. The molecule has 0 radical (unpaired) electrons. The van der Waals surface area contributed by atoms with Gasteiger partial charge in [-0.25, -0.2) is 0 Å². The Hall–Kier alpha value is -0.590. The molecule has 0 aromatic carbocycles. The summed E-state index contributed by atoms with van der Waals surface area (Å²) in [5, 5.41) is 0. The molecule has 0 unspecified atom stereocenters. The SMILES string of the molecule is O=C1/C=C/CCCCCCCC1. The van der Waals surface area contributed by atoms with E-state index in [1.54, 1.807) is 6.08 Å². The van der Waals surface area contributed by atoms with Crippen molar-refractivity contribution in [2.24, 2.45) is 0 Å². The van der Waals surface area contributed by atoms with Gasteiger partial charge in [-0.1, -0.05) is 31.8 Å². The highest BCUT2D eigenvalue weighted by atomic mass is 16.1. The first kappa shape index (κ1) is 9.50. The average Bonchev–Trinajstić information content (AvgIpc) is 2.11. The van der Waals surface area contributed by atoms with E-state index in [2.05, 4.69) is 0 Å². The van der Waals surface area contributed by atoms with Crippen molar-refractivity contribution in [3.8, 4) is 0 Å². The first-order chi connectivity index (χ1) is 5.89. The molecule has 0 heterocycles. The molecular weight excluding hydrogens is 148 g/mol. The number of carbonyl (C=O) groups excluding carboxylic acids is 1. The second-order valence-corrected chi connectivity index (χ2v) is 3.53. The number of carbonyl (C=O) groups is 1. The lowest BCUT2D eigenvalue weighted by Crippen LogP contribution is -1.91.